The van der Waals surface area contributed by atoms with E-state index in [4.69, 9.17) is 0 Å². The van der Waals surface area contributed by atoms with Crippen LogP contribution in [0, 0.1) is 28.3 Å². The van der Waals surface area contributed by atoms with Crippen LogP contribution in [-0.2, 0) is 0 Å². The number of anilines is 1. The molecular weight excluding hydrogens is 263 g/mol. The van der Waals surface area contributed by atoms with Crippen molar-refractivity contribution < 1.29 is 14.4 Å². The molecule has 0 aliphatic heterocycles. The maximum Gasteiger partial charge on any atom is 0.295 e. The number of benzene rings is 1. The topological polar surface area (TPSA) is 75.4 Å². The third kappa shape index (κ3) is 3.45. The molecule has 0 fully saturated rings. The monoisotopic (exact) mass is 284 g/mol. The van der Waals surface area contributed by atoms with Gasteiger partial charge in [-0.05, 0) is 31.4 Å². The molecule has 0 saturated heterocycles. The van der Waals surface area contributed by atoms with Gasteiger partial charge in [-0.15, -0.1) is 0 Å². The Bertz CT molecular complexity index is 479. The van der Waals surface area contributed by atoms with Gasteiger partial charge in [0.25, 0.3) is 5.69 Å². The van der Waals surface area contributed by atoms with E-state index in [1.54, 1.807) is 6.92 Å². The minimum absolute atomic E-state index is 0.000967. The summed E-state index contributed by atoms with van der Waals surface area (Å²) in [6.45, 7) is 5.89. The van der Waals surface area contributed by atoms with Gasteiger partial charge in [0.1, 0.15) is 11.5 Å². The van der Waals surface area contributed by atoms with Gasteiger partial charge in [-0.1, -0.05) is 13.8 Å². The summed E-state index contributed by atoms with van der Waals surface area (Å²) in [5.74, 6) is -0.596. The zero-order valence-electron chi connectivity index (χ0n) is 12.1. The number of nitrogens with zero attached hydrogens (tertiary/aromatic N) is 1. The lowest BCUT2D eigenvalue weighted by molar-refractivity contribution is -0.384. The third-order valence-corrected chi connectivity index (χ3v) is 3.96. The second-order valence-electron chi connectivity index (χ2n) is 5.09. The molecule has 0 unspecified atom stereocenters. The summed E-state index contributed by atoms with van der Waals surface area (Å²) in [5, 5.41) is 23.5. The van der Waals surface area contributed by atoms with Crippen LogP contribution in [0.4, 0.5) is 15.8 Å². The Morgan fingerprint density at radius 1 is 1.40 bits per heavy atom. The molecule has 0 radical (unpaired) electrons. The summed E-state index contributed by atoms with van der Waals surface area (Å²) < 4.78 is 13.4. The third-order valence-electron chi connectivity index (χ3n) is 3.96. The lowest BCUT2D eigenvalue weighted by atomic mass is 9.83. The van der Waals surface area contributed by atoms with Crippen LogP contribution in [0.15, 0.2) is 12.1 Å². The van der Waals surface area contributed by atoms with E-state index in [1.807, 2.05) is 13.8 Å². The molecule has 0 bridgehead atoms. The van der Waals surface area contributed by atoms with Gasteiger partial charge in [0, 0.05) is 12.0 Å². The molecule has 5 nitrogen and oxygen atoms in total. The largest absolute Gasteiger partial charge is 0.396 e. The second kappa shape index (κ2) is 6.65. The standard InChI is InChI=1S/C14H21FN2O3/c1-4-14(5-2,9-18)8-16-12-6-10(3)11(15)7-13(12)17(19)20/h6-7,16,18H,4-5,8-9H2,1-3H3. The predicted octanol–water partition coefficient (Wildman–Crippen LogP) is 3.25. The van der Waals surface area contributed by atoms with E-state index < -0.39 is 10.7 Å². The van der Waals surface area contributed by atoms with Crippen LogP contribution in [0.1, 0.15) is 32.3 Å². The van der Waals surface area contributed by atoms with E-state index in [2.05, 4.69) is 5.32 Å². The van der Waals surface area contributed by atoms with Crippen LogP contribution in [0.2, 0.25) is 0 Å². The molecule has 0 aliphatic rings. The minimum atomic E-state index is -0.608. The van der Waals surface area contributed by atoms with Crippen molar-refractivity contribution >= 4 is 11.4 Å². The first-order valence-electron chi connectivity index (χ1n) is 6.68. The molecule has 0 heterocycles. The molecule has 1 aromatic carbocycles. The number of aliphatic hydroxyl groups is 1. The number of rotatable bonds is 7. The molecule has 0 spiro atoms. The van der Waals surface area contributed by atoms with Gasteiger partial charge in [0.2, 0.25) is 0 Å². The SMILES string of the molecule is CCC(CC)(CO)CNc1cc(C)c(F)cc1[N+](=O)[O-]. The molecule has 1 rings (SSSR count). The fourth-order valence-electron chi connectivity index (χ4n) is 2.03. The minimum Gasteiger partial charge on any atom is -0.396 e. The Labute approximate surface area is 118 Å². The summed E-state index contributed by atoms with van der Waals surface area (Å²) in [6, 6.07) is 2.36. The highest BCUT2D eigenvalue weighted by Gasteiger charge is 2.26. The number of aliphatic hydroxyl groups excluding tert-OH is 1. The molecule has 6 heteroatoms. The Balaban J connectivity index is 3.03. The predicted molar refractivity (Wildman–Crippen MR) is 76.4 cm³/mol. The normalized spacial score (nSPS) is 11.4. The molecule has 112 valence electrons. The molecule has 1 aromatic rings. The van der Waals surface area contributed by atoms with Crippen LogP contribution < -0.4 is 5.32 Å². The first-order chi connectivity index (χ1) is 9.39. The zero-order chi connectivity index (χ0) is 15.3. The molecule has 20 heavy (non-hydrogen) atoms. The van der Waals surface area contributed by atoms with Gasteiger partial charge in [0.15, 0.2) is 0 Å². The zero-order valence-corrected chi connectivity index (χ0v) is 12.1. The van der Waals surface area contributed by atoms with Crippen molar-refractivity contribution in [3.8, 4) is 0 Å². The van der Waals surface area contributed by atoms with Crippen LogP contribution in [0.5, 0.6) is 0 Å². The van der Waals surface area contributed by atoms with E-state index in [1.165, 1.54) is 6.07 Å². The van der Waals surface area contributed by atoms with Gasteiger partial charge in [0.05, 0.1) is 17.6 Å². The van der Waals surface area contributed by atoms with Crippen LogP contribution in [0.25, 0.3) is 0 Å². The van der Waals surface area contributed by atoms with Crippen molar-refractivity contribution in [1.82, 2.24) is 0 Å². The lowest BCUT2D eigenvalue weighted by Crippen LogP contribution is -2.32. The smallest absolute Gasteiger partial charge is 0.295 e. The van der Waals surface area contributed by atoms with Gasteiger partial charge in [-0.2, -0.15) is 0 Å². The Morgan fingerprint density at radius 2 is 2.00 bits per heavy atom. The van der Waals surface area contributed by atoms with E-state index >= 15 is 0 Å². The van der Waals surface area contributed by atoms with Crippen molar-refractivity contribution in [3.05, 3.63) is 33.6 Å². The maximum atomic E-state index is 13.4. The number of aryl methyl sites for hydroxylation is 1. The summed E-state index contributed by atoms with van der Waals surface area (Å²) in [7, 11) is 0. The highest BCUT2D eigenvalue weighted by molar-refractivity contribution is 5.63. The summed E-state index contributed by atoms with van der Waals surface area (Å²) >= 11 is 0. The highest BCUT2D eigenvalue weighted by atomic mass is 19.1. The van der Waals surface area contributed by atoms with Gasteiger partial charge < -0.3 is 10.4 Å². The van der Waals surface area contributed by atoms with Crippen molar-refractivity contribution in [2.45, 2.75) is 33.6 Å². The van der Waals surface area contributed by atoms with E-state index in [-0.39, 0.29) is 23.4 Å². The summed E-state index contributed by atoms with van der Waals surface area (Å²) in [4.78, 5) is 10.4. The van der Waals surface area contributed by atoms with Crippen LogP contribution in [0.3, 0.4) is 0 Å². The number of hydrogen-bond donors (Lipinski definition) is 2. The number of nitro groups is 1. The number of halogens is 1. The number of hydrogen-bond acceptors (Lipinski definition) is 4. The molecule has 0 amide bonds. The number of nitro benzene ring substituents is 1. The van der Waals surface area contributed by atoms with E-state index in [9.17, 15) is 19.6 Å². The van der Waals surface area contributed by atoms with Gasteiger partial charge in [-0.3, -0.25) is 10.1 Å². The van der Waals surface area contributed by atoms with Crippen molar-refractivity contribution in [3.63, 3.8) is 0 Å². The fourth-order valence-corrected chi connectivity index (χ4v) is 2.03. The van der Waals surface area contributed by atoms with E-state index in [0.29, 0.717) is 12.1 Å². The first-order valence-corrected chi connectivity index (χ1v) is 6.68. The Morgan fingerprint density at radius 3 is 2.45 bits per heavy atom. The molecule has 0 aromatic heterocycles. The molecular formula is C14H21FN2O3. The fraction of sp³-hybridized carbons (Fsp3) is 0.571. The number of nitrogens with one attached hydrogen (secondary N) is 1. The molecule has 0 aliphatic carbocycles. The van der Waals surface area contributed by atoms with Crippen LogP contribution in [-0.4, -0.2) is 23.2 Å². The average Bonchev–Trinajstić information content (AvgIpc) is 2.44. The highest BCUT2D eigenvalue weighted by Crippen LogP contribution is 2.31. The first kappa shape index (κ1) is 16.4. The van der Waals surface area contributed by atoms with Gasteiger partial charge in [-0.25, -0.2) is 4.39 Å². The van der Waals surface area contributed by atoms with Crippen molar-refractivity contribution in [2.24, 2.45) is 5.41 Å². The van der Waals surface area contributed by atoms with E-state index in [0.717, 1.165) is 18.9 Å². The summed E-state index contributed by atoms with van der Waals surface area (Å²) in [6.07, 6.45) is 1.50. The summed E-state index contributed by atoms with van der Waals surface area (Å²) in [5.41, 5.74) is 0.0253. The second-order valence-corrected chi connectivity index (χ2v) is 5.09. The van der Waals surface area contributed by atoms with Gasteiger partial charge >= 0.3 is 0 Å². The Kier molecular flexibility index (Phi) is 5.44. The molecule has 0 saturated carbocycles. The molecule has 0 atom stereocenters. The van der Waals surface area contributed by atoms with Crippen molar-refractivity contribution in [2.75, 3.05) is 18.5 Å². The average molecular weight is 284 g/mol. The lowest BCUT2D eigenvalue weighted by Gasteiger charge is -2.30. The van der Waals surface area contributed by atoms with Crippen molar-refractivity contribution in [1.29, 1.82) is 0 Å². The van der Waals surface area contributed by atoms with Crippen LogP contribution >= 0.6 is 0 Å². The Hall–Kier alpha value is -1.69. The quantitative estimate of drug-likeness (QED) is 0.595. The maximum absolute atomic E-state index is 13.4. The molecule has 2 N–H and O–H groups in total.